The summed E-state index contributed by atoms with van der Waals surface area (Å²) in [7, 11) is 0. The van der Waals surface area contributed by atoms with Gasteiger partial charge in [-0.1, -0.05) is 54.2 Å². The third-order valence-corrected chi connectivity index (χ3v) is 5.80. The molecule has 0 spiro atoms. The zero-order valence-corrected chi connectivity index (χ0v) is 17.3. The molecule has 28 heavy (non-hydrogen) atoms. The number of benzene rings is 1. The van der Waals surface area contributed by atoms with Crippen molar-refractivity contribution in [2.24, 2.45) is 0 Å². The fourth-order valence-electron chi connectivity index (χ4n) is 3.62. The predicted octanol–water partition coefficient (Wildman–Crippen LogP) is 5.38. The third-order valence-electron chi connectivity index (χ3n) is 5.17. The number of hydrogen-bond acceptors (Lipinski definition) is 5. The highest BCUT2D eigenvalue weighted by molar-refractivity contribution is 9.10. The first-order valence-corrected chi connectivity index (χ1v) is 10.3. The maximum Gasteiger partial charge on any atom is 0.291 e. The van der Waals surface area contributed by atoms with E-state index in [1.54, 1.807) is 6.07 Å². The van der Waals surface area contributed by atoms with Crippen molar-refractivity contribution in [2.45, 2.75) is 51.6 Å². The Morgan fingerprint density at radius 2 is 1.93 bits per heavy atom. The number of halogens is 1. The second-order valence-electron chi connectivity index (χ2n) is 7.20. The molecule has 3 aromatic rings. The van der Waals surface area contributed by atoms with Crippen molar-refractivity contribution < 1.29 is 13.7 Å². The normalized spacial score (nSPS) is 14.9. The van der Waals surface area contributed by atoms with Crippen LogP contribution in [-0.4, -0.2) is 27.0 Å². The highest BCUT2D eigenvalue weighted by atomic mass is 79.9. The highest BCUT2D eigenvalue weighted by Gasteiger charge is 2.30. The van der Waals surface area contributed by atoms with Gasteiger partial charge in [-0.3, -0.25) is 4.79 Å². The molecule has 4 rings (SSSR count). The molecule has 0 aliphatic heterocycles. The fourth-order valence-corrected chi connectivity index (χ4v) is 3.99. The Bertz CT molecular complexity index is 942. The van der Waals surface area contributed by atoms with Gasteiger partial charge in [-0.05, 0) is 41.8 Å². The Balaban J connectivity index is 1.58. The minimum absolute atomic E-state index is 0.146. The molecule has 0 N–H and O–H groups in total. The van der Waals surface area contributed by atoms with Crippen LogP contribution in [0.4, 0.5) is 0 Å². The molecule has 1 aliphatic carbocycles. The van der Waals surface area contributed by atoms with E-state index < -0.39 is 0 Å². The maximum atomic E-state index is 13.2. The second-order valence-corrected chi connectivity index (χ2v) is 8.05. The topological polar surface area (TPSA) is 72.4 Å². The smallest absolute Gasteiger partial charge is 0.291 e. The van der Waals surface area contributed by atoms with Crippen molar-refractivity contribution in [1.29, 1.82) is 0 Å². The summed E-state index contributed by atoms with van der Waals surface area (Å²) >= 11 is 3.39. The summed E-state index contributed by atoms with van der Waals surface area (Å²) in [5.41, 5.74) is 2.07. The molecule has 146 valence electrons. The average Bonchev–Trinajstić information content (AvgIpc) is 3.36. The van der Waals surface area contributed by atoms with Crippen LogP contribution in [-0.2, 0) is 6.54 Å². The van der Waals surface area contributed by atoms with E-state index in [0.717, 1.165) is 31.2 Å². The standard InChI is InChI=1S/C21H22BrN3O3/c1-14-7-9-15(10-8-14)20-23-18(28-24-20)13-25(16-5-3-2-4-6-16)21(26)19-17(22)11-12-27-19/h7-12,16H,2-6,13H2,1H3. The molecule has 0 saturated heterocycles. The van der Waals surface area contributed by atoms with Crippen molar-refractivity contribution >= 4 is 21.8 Å². The molecule has 1 saturated carbocycles. The molecule has 1 fully saturated rings. The van der Waals surface area contributed by atoms with E-state index >= 15 is 0 Å². The van der Waals surface area contributed by atoms with Crippen LogP contribution in [0.15, 0.2) is 50.0 Å². The number of aromatic nitrogens is 2. The van der Waals surface area contributed by atoms with Crippen LogP contribution in [0, 0.1) is 6.92 Å². The van der Waals surface area contributed by atoms with E-state index in [1.165, 1.54) is 18.2 Å². The van der Waals surface area contributed by atoms with Crippen molar-refractivity contribution in [2.75, 3.05) is 0 Å². The molecule has 2 aromatic heterocycles. The summed E-state index contributed by atoms with van der Waals surface area (Å²) in [4.78, 5) is 19.5. The number of aryl methyl sites for hydroxylation is 1. The van der Waals surface area contributed by atoms with Crippen molar-refractivity contribution in [3.05, 3.63) is 58.3 Å². The van der Waals surface area contributed by atoms with Gasteiger partial charge in [-0.15, -0.1) is 0 Å². The van der Waals surface area contributed by atoms with Crippen LogP contribution in [0.5, 0.6) is 0 Å². The van der Waals surface area contributed by atoms with Gasteiger partial charge in [0.25, 0.3) is 5.91 Å². The Morgan fingerprint density at radius 1 is 1.18 bits per heavy atom. The number of carbonyl (C=O) groups excluding carboxylic acids is 1. The lowest BCUT2D eigenvalue weighted by Gasteiger charge is -2.32. The van der Waals surface area contributed by atoms with Gasteiger partial charge in [0.2, 0.25) is 17.5 Å². The van der Waals surface area contributed by atoms with Gasteiger partial charge in [0.15, 0.2) is 0 Å². The number of furan rings is 1. The summed E-state index contributed by atoms with van der Waals surface area (Å²) in [5, 5.41) is 4.10. The fraction of sp³-hybridized carbons (Fsp3) is 0.381. The van der Waals surface area contributed by atoms with E-state index in [0.29, 0.717) is 21.9 Å². The molecule has 0 bridgehead atoms. The van der Waals surface area contributed by atoms with Crippen LogP contribution in [0.3, 0.4) is 0 Å². The number of hydrogen-bond donors (Lipinski definition) is 0. The van der Waals surface area contributed by atoms with E-state index in [2.05, 4.69) is 26.1 Å². The monoisotopic (exact) mass is 443 g/mol. The van der Waals surface area contributed by atoms with Gasteiger partial charge in [0, 0.05) is 11.6 Å². The molecule has 0 unspecified atom stereocenters. The third kappa shape index (κ3) is 4.04. The number of amides is 1. The van der Waals surface area contributed by atoms with Gasteiger partial charge < -0.3 is 13.8 Å². The van der Waals surface area contributed by atoms with Gasteiger partial charge in [-0.2, -0.15) is 4.98 Å². The van der Waals surface area contributed by atoms with E-state index in [4.69, 9.17) is 8.94 Å². The molecule has 2 heterocycles. The average molecular weight is 444 g/mol. The minimum Gasteiger partial charge on any atom is -0.458 e. The quantitative estimate of drug-likeness (QED) is 0.529. The van der Waals surface area contributed by atoms with Crippen LogP contribution in [0.25, 0.3) is 11.4 Å². The summed E-state index contributed by atoms with van der Waals surface area (Å²) in [6, 6.07) is 9.83. The minimum atomic E-state index is -0.154. The largest absolute Gasteiger partial charge is 0.458 e. The van der Waals surface area contributed by atoms with Gasteiger partial charge in [-0.25, -0.2) is 0 Å². The van der Waals surface area contributed by atoms with E-state index in [1.807, 2.05) is 36.1 Å². The summed E-state index contributed by atoms with van der Waals surface area (Å²) in [5.74, 6) is 1.12. The van der Waals surface area contributed by atoms with Crippen LogP contribution in [0.2, 0.25) is 0 Å². The lowest BCUT2D eigenvalue weighted by Crippen LogP contribution is -2.41. The molecular formula is C21H22BrN3O3. The molecule has 0 radical (unpaired) electrons. The van der Waals surface area contributed by atoms with E-state index in [-0.39, 0.29) is 18.5 Å². The zero-order chi connectivity index (χ0) is 19.5. The SMILES string of the molecule is Cc1ccc(-c2noc(CN(C(=O)c3occc3Br)C3CCCCC3)n2)cc1. The van der Waals surface area contributed by atoms with Crippen molar-refractivity contribution in [3.8, 4) is 11.4 Å². The Hall–Kier alpha value is -2.41. The van der Waals surface area contributed by atoms with Gasteiger partial charge >= 0.3 is 0 Å². The summed E-state index contributed by atoms with van der Waals surface area (Å²) in [6.45, 7) is 2.31. The lowest BCUT2D eigenvalue weighted by atomic mass is 9.94. The molecule has 1 aromatic carbocycles. The Labute approximate surface area is 172 Å². The molecule has 7 heteroatoms. The molecule has 0 atom stereocenters. The molecular weight excluding hydrogens is 422 g/mol. The number of carbonyl (C=O) groups is 1. The van der Waals surface area contributed by atoms with Crippen molar-refractivity contribution in [3.63, 3.8) is 0 Å². The lowest BCUT2D eigenvalue weighted by molar-refractivity contribution is 0.0552. The maximum absolute atomic E-state index is 13.2. The zero-order valence-electron chi connectivity index (χ0n) is 15.7. The number of nitrogens with zero attached hydrogens (tertiary/aromatic N) is 3. The second kappa shape index (κ2) is 8.31. The van der Waals surface area contributed by atoms with Crippen LogP contribution in [0.1, 0.15) is 54.1 Å². The van der Waals surface area contributed by atoms with Gasteiger partial charge in [0.1, 0.15) is 6.54 Å². The first-order valence-electron chi connectivity index (χ1n) is 9.55. The Kier molecular flexibility index (Phi) is 5.62. The van der Waals surface area contributed by atoms with E-state index in [9.17, 15) is 4.79 Å². The molecule has 1 amide bonds. The molecule has 6 nitrogen and oxygen atoms in total. The predicted molar refractivity (Wildman–Crippen MR) is 108 cm³/mol. The van der Waals surface area contributed by atoms with Crippen LogP contribution < -0.4 is 0 Å². The Morgan fingerprint density at radius 3 is 2.61 bits per heavy atom. The first-order chi connectivity index (χ1) is 13.6. The first kappa shape index (κ1) is 18.9. The summed E-state index contributed by atoms with van der Waals surface area (Å²) < 4.78 is 11.5. The van der Waals surface area contributed by atoms with Crippen LogP contribution >= 0.6 is 15.9 Å². The van der Waals surface area contributed by atoms with Crippen molar-refractivity contribution in [1.82, 2.24) is 15.0 Å². The molecule has 1 aliphatic rings. The summed E-state index contributed by atoms with van der Waals surface area (Å²) in [6.07, 6.45) is 6.91. The van der Waals surface area contributed by atoms with Gasteiger partial charge in [0.05, 0.1) is 10.7 Å². The number of rotatable bonds is 5. The highest BCUT2D eigenvalue weighted by Crippen LogP contribution is 2.28.